The second kappa shape index (κ2) is 7.14. The molecule has 1 aromatic rings. The zero-order chi connectivity index (χ0) is 16.1. The fraction of sp³-hybridized carbons (Fsp3) is 0.500. The maximum absolute atomic E-state index is 11.3. The monoisotopic (exact) mass is 303 g/mol. The van der Waals surface area contributed by atoms with Gasteiger partial charge in [0.05, 0.1) is 6.54 Å². The molecule has 1 saturated heterocycles. The number of piperazine rings is 1. The number of nitrogens with one attached hydrogen (secondary N) is 1. The Labute approximate surface area is 130 Å². The first-order valence-corrected chi connectivity index (χ1v) is 7.34. The second-order valence-electron chi connectivity index (χ2n) is 5.52. The Morgan fingerprint density at radius 1 is 1.41 bits per heavy atom. The predicted octanol–water partition coefficient (Wildman–Crippen LogP) is 1.60. The van der Waals surface area contributed by atoms with Crippen LogP contribution in [0.25, 0.3) is 5.01 Å². The van der Waals surface area contributed by atoms with E-state index in [9.17, 15) is 10.0 Å². The average molecular weight is 303 g/mol. The number of carbonyl (C=O) groups is 1. The fourth-order valence-electron chi connectivity index (χ4n) is 2.77. The number of carbonyl (C=O) groups excluding carboxylic acids is 1. The summed E-state index contributed by atoms with van der Waals surface area (Å²) in [5.74, 6) is 0.815. The van der Waals surface area contributed by atoms with Crippen molar-refractivity contribution in [3.8, 4) is 11.8 Å². The van der Waals surface area contributed by atoms with Crippen molar-refractivity contribution in [2.24, 2.45) is 0 Å². The molecule has 22 heavy (non-hydrogen) atoms. The molecule has 1 aliphatic heterocycles. The molecule has 0 bridgehead atoms. The molecule has 1 fully saturated rings. The first-order valence-electron chi connectivity index (χ1n) is 7.34. The first kappa shape index (κ1) is 16.1. The Kier molecular flexibility index (Phi) is 5.23. The van der Waals surface area contributed by atoms with Crippen LogP contribution >= 0.6 is 0 Å². The highest BCUT2D eigenvalue weighted by Crippen LogP contribution is 2.28. The van der Waals surface area contributed by atoms with E-state index in [1.807, 2.05) is 26.8 Å². The molecule has 1 N–H and O–H groups in total. The van der Waals surface area contributed by atoms with Crippen LogP contribution in [0.3, 0.4) is 0 Å². The SMILES string of the molecule is Cc1cc(C)c(OCCN2CCNC(=O)C2)c(C)c1C#[N+][O-]. The van der Waals surface area contributed by atoms with Crippen LogP contribution in [0.4, 0.5) is 0 Å². The number of hydrogen-bond acceptors (Lipinski definition) is 4. The van der Waals surface area contributed by atoms with Gasteiger partial charge in [0, 0.05) is 30.2 Å². The second-order valence-corrected chi connectivity index (χ2v) is 5.52. The van der Waals surface area contributed by atoms with E-state index in [-0.39, 0.29) is 5.91 Å². The van der Waals surface area contributed by atoms with Crippen molar-refractivity contribution in [2.45, 2.75) is 20.8 Å². The van der Waals surface area contributed by atoms with Gasteiger partial charge in [-0.25, -0.2) is 0 Å². The van der Waals surface area contributed by atoms with Crippen molar-refractivity contribution in [3.63, 3.8) is 0 Å². The van der Waals surface area contributed by atoms with Gasteiger partial charge >= 0.3 is 6.07 Å². The van der Waals surface area contributed by atoms with Crippen LogP contribution in [0.2, 0.25) is 0 Å². The summed E-state index contributed by atoms with van der Waals surface area (Å²) in [5, 5.41) is 16.0. The molecule has 1 heterocycles. The summed E-state index contributed by atoms with van der Waals surface area (Å²) >= 11 is 0. The zero-order valence-corrected chi connectivity index (χ0v) is 13.2. The third kappa shape index (κ3) is 3.68. The minimum atomic E-state index is 0.0532. The van der Waals surface area contributed by atoms with Crippen molar-refractivity contribution in [2.75, 3.05) is 32.8 Å². The highest BCUT2D eigenvalue weighted by molar-refractivity contribution is 5.78. The molecular weight excluding hydrogens is 282 g/mol. The molecule has 118 valence electrons. The summed E-state index contributed by atoms with van der Waals surface area (Å²) in [4.78, 5) is 13.4. The van der Waals surface area contributed by atoms with Gasteiger partial charge < -0.3 is 15.3 Å². The van der Waals surface area contributed by atoms with Crippen LogP contribution in [-0.2, 0) is 4.79 Å². The van der Waals surface area contributed by atoms with Crippen LogP contribution in [0, 0.1) is 32.0 Å². The van der Waals surface area contributed by atoms with E-state index in [4.69, 9.17) is 4.74 Å². The van der Waals surface area contributed by atoms with E-state index < -0.39 is 0 Å². The van der Waals surface area contributed by atoms with Gasteiger partial charge in [-0.1, -0.05) is 6.07 Å². The van der Waals surface area contributed by atoms with Crippen molar-refractivity contribution < 1.29 is 9.53 Å². The highest BCUT2D eigenvalue weighted by Gasteiger charge is 2.17. The predicted molar refractivity (Wildman–Crippen MR) is 85.3 cm³/mol. The van der Waals surface area contributed by atoms with E-state index in [1.165, 1.54) is 0 Å². The maximum Gasteiger partial charge on any atom is 0.337 e. The lowest BCUT2D eigenvalue weighted by Crippen LogP contribution is -2.48. The zero-order valence-electron chi connectivity index (χ0n) is 13.2. The minimum absolute atomic E-state index is 0.0532. The molecule has 1 amide bonds. The molecule has 0 spiro atoms. The summed E-state index contributed by atoms with van der Waals surface area (Å²) < 4.78 is 5.89. The largest absolute Gasteiger partial charge is 0.498 e. The molecule has 0 aromatic heterocycles. The quantitative estimate of drug-likeness (QED) is 0.858. The number of benzene rings is 1. The van der Waals surface area contributed by atoms with Crippen LogP contribution < -0.4 is 10.1 Å². The Morgan fingerprint density at radius 3 is 2.86 bits per heavy atom. The van der Waals surface area contributed by atoms with Gasteiger partial charge in [-0.15, -0.1) is 0 Å². The normalized spacial score (nSPS) is 15.0. The Balaban J connectivity index is 2.04. The first-order chi connectivity index (χ1) is 10.5. The third-order valence-corrected chi connectivity index (χ3v) is 3.83. The van der Waals surface area contributed by atoms with Gasteiger partial charge in [-0.05, 0) is 31.9 Å². The van der Waals surface area contributed by atoms with Gasteiger partial charge in [0.15, 0.2) is 0 Å². The third-order valence-electron chi connectivity index (χ3n) is 3.83. The topological polar surface area (TPSA) is 69.0 Å². The number of ether oxygens (including phenoxy) is 1. The van der Waals surface area contributed by atoms with Crippen molar-refractivity contribution in [1.29, 1.82) is 0 Å². The van der Waals surface area contributed by atoms with Crippen LogP contribution in [-0.4, -0.2) is 43.6 Å². The lowest BCUT2D eigenvalue weighted by Gasteiger charge is -2.26. The van der Waals surface area contributed by atoms with Crippen molar-refractivity contribution >= 4 is 5.91 Å². The van der Waals surface area contributed by atoms with Gasteiger partial charge in [0.2, 0.25) is 5.91 Å². The van der Waals surface area contributed by atoms with Gasteiger partial charge in [0.1, 0.15) is 17.9 Å². The lowest BCUT2D eigenvalue weighted by atomic mass is 9.99. The number of hydrogen-bond donors (Lipinski definition) is 1. The molecule has 1 aromatic carbocycles. The molecule has 0 saturated carbocycles. The summed E-state index contributed by atoms with van der Waals surface area (Å²) in [5.41, 5.74) is 3.53. The van der Waals surface area contributed by atoms with Crippen LogP contribution in [0.15, 0.2) is 6.07 Å². The van der Waals surface area contributed by atoms with E-state index >= 15 is 0 Å². The number of aryl methyl sites for hydroxylation is 2. The highest BCUT2D eigenvalue weighted by atomic mass is 16.5. The molecule has 0 radical (unpaired) electrons. The number of nitrogens with zero attached hydrogens (tertiary/aromatic N) is 2. The molecule has 1 aliphatic rings. The standard InChI is InChI=1S/C16H21N3O3/c1-11-8-12(2)16(13(3)14(11)9-18-21)22-7-6-19-5-4-17-15(20)10-19/h8H,4-7,10H2,1-3H3,(H,17,20). The van der Waals surface area contributed by atoms with Crippen LogP contribution in [0.5, 0.6) is 5.75 Å². The van der Waals surface area contributed by atoms with Crippen molar-refractivity contribution in [3.05, 3.63) is 38.5 Å². The summed E-state index contributed by atoms with van der Waals surface area (Å²) in [6, 6.07) is 4.45. The lowest BCUT2D eigenvalue weighted by molar-refractivity contribution is -0.124. The van der Waals surface area contributed by atoms with Gasteiger partial charge in [-0.2, -0.15) is 0 Å². The van der Waals surface area contributed by atoms with Crippen molar-refractivity contribution in [1.82, 2.24) is 10.2 Å². The molecule has 0 unspecified atom stereocenters. The van der Waals surface area contributed by atoms with E-state index in [0.29, 0.717) is 31.8 Å². The van der Waals surface area contributed by atoms with E-state index in [0.717, 1.165) is 29.0 Å². The fourth-order valence-corrected chi connectivity index (χ4v) is 2.77. The Morgan fingerprint density at radius 2 is 2.18 bits per heavy atom. The van der Waals surface area contributed by atoms with E-state index in [2.05, 4.69) is 21.3 Å². The average Bonchev–Trinajstić information content (AvgIpc) is 2.47. The molecular formula is C16H21N3O3. The number of amides is 1. The molecule has 0 atom stereocenters. The summed E-state index contributed by atoms with van der Waals surface area (Å²) in [6.07, 6.45) is 0. The molecule has 0 aliphatic carbocycles. The summed E-state index contributed by atoms with van der Waals surface area (Å²) in [7, 11) is 0. The Bertz CT molecular complexity index is 632. The van der Waals surface area contributed by atoms with Crippen LogP contribution in [0.1, 0.15) is 22.3 Å². The molecule has 6 heteroatoms. The van der Waals surface area contributed by atoms with Gasteiger partial charge in [-0.3, -0.25) is 9.69 Å². The number of rotatable bonds is 4. The summed E-state index contributed by atoms with van der Waals surface area (Å²) in [6.45, 7) is 8.91. The molecule has 2 rings (SSSR count). The Hall–Kier alpha value is -2.26. The smallest absolute Gasteiger partial charge is 0.337 e. The van der Waals surface area contributed by atoms with Gasteiger partial charge in [0.25, 0.3) is 0 Å². The maximum atomic E-state index is 11.3. The minimum Gasteiger partial charge on any atom is -0.498 e. The molecule has 6 nitrogen and oxygen atoms in total. The van der Waals surface area contributed by atoms with E-state index in [1.54, 1.807) is 0 Å².